The highest BCUT2D eigenvalue weighted by molar-refractivity contribution is 7.90. The van der Waals surface area contributed by atoms with E-state index in [-0.39, 0.29) is 5.25 Å². The van der Waals surface area contributed by atoms with Crippen LogP contribution in [0.1, 0.15) is 32.6 Å². The van der Waals surface area contributed by atoms with Crippen LogP contribution in [0.3, 0.4) is 0 Å². The Morgan fingerprint density at radius 2 is 2.17 bits per heavy atom. The van der Waals surface area contributed by atoms with E-state index in [0.717, 1.165) is 38.9 Å². The third-order valence-corrected chi connectivity index (χ3v) is 5.96. The topological polar surface area (TPSA) is 61.4 Å². The van der Waals surface area contributed by atoms with E-state index in [0.29, 0.717) is 19.1 Å². The minimum atomic E-state index is -3.14. The molecule has 0 aromatic heterocycles. The summed E-state index contributed by atoms with van der Waals surface area (Å²) in [6, 6.07) is 0.390. The summed E-state index contributed by atoms with van der Waals surface area (Å²) in [7, 11) is -3.14. The first-order valence-electron chi connectivity index (χ1n) is 7.06. The Labute approximate surface area is 110 Å². The first-order chi connectivity index (χ1) is 8.63. The van der Waals surface area contributed by atoms with E-state index in [2.05, 4.69) is 21.9 Å². The largest absolute Gasteiger partial charge is 0.315 e. The minimum Gasteiger partial charge on any atom is -0.315 e. The SMILES string of the molecule is CCN1CCCC1CNS(=O)(=O)C1CCCNC1. The van der Waals surface area contributed by atoms with E-state index in [1.54, 1.807) is 0 Å². The van der Waals surface area contributed by atoms with Crippen LogP contribution in [-0.2, 0) is 10.0 Å². The molecule has 0 aromatic rings. The molecule has 0 spiro atoms. The van der Waals surface area contributed by atoms with Crippen LogP contribution >= 0.6 is 0 Å². The van der Waals surface area contributed by atoms with Gasteiger partial charge in [0.2, 0.25) is 10.0 Å². The van der Waals surface area contributed by atoms with E-state index in [9.17, 15) is 8.42 Å². The molecule has 0 bridgehead atoms. The van der Waals surface area contributed by atoms with Gasteiger partial charge in [0.05, 0.1) is 5.25 Å². The fourth-order valence-electron chi connectivity index (χ4n) is 2.96. The van der Waals surface area contributed by atoms with E-state index < -0.39 is 10.0 Å². The van der Waals surface area contributed by atoms with Gasteiger partial charge in [-0.1, -0.05) is 6.92 Å². The van der Waals surface area contributed by atoms with Gasteiger partial charge in [-0.25, -0.2) is 13.1 Å². The maximum Gasteiger partial charge on any atom is 0.215 e. The van der Waals surface area contributed by atoms with Gasteiger partial charge in [0.15, 0.2) is 0 Å². The maximum absolute atomic E-state index is 12.2. The van der Waals surface area contributed by atoms with Crippen molar-refractivity contribution < 1.29 is 8.42 Å². The number of hydrogen-bond acceptors (Lipinski definition) is 4. The third kappa shape index (κ3) is 3.44. The average molecular weight is 275 g/mol. The lowest BCUT2D eigenvalue weighted by Gasteiger charge is -2.26. The van der Waals surface area contributed by atoms with Crippen LogP contribution in [0.15, 0.2) is 0 Å². The Hall–Kier alpha value is -0.170. The standard InChI is InChI=1S/C12H25N3O2S/c1-2-15-8-4-5-11(15)9-14-18(16,17)12-6-3-7-13-10-12/h11-14H,2-10H2,1H3. The number of hydrogen-bond donors (Lipinski definition) is 2. The molecule has 2 aliphatic heterocycles. The van der Waals surface area contributed by atoms with Crippen molar-refractivity contribution in [3.8, 4) is 0 Å². The number of likely N-dealkylation sites (N-methyl/N-ethyl adjacent to an activating group) is 1. The molecule has 2 fully saturated rings. The van der Waals surface area contributed by atoms with Gasteiger partial charge in [0.25, 0.3) is 0 Å². The van der Waals surface area contributed by atoms with Crippen LogP contribution in [0.2, 0.25) is 0 Å². The van der Waals surface area contributed by atoms with E-state index >= 15 is 0 Å². The Morgan fingerprint density at radius 1 is 1.33 bits per heavy atom. The fourth-order valence-corrected chi connectivity index (χ4v) is 4.43. The molecule has 2 saturated heterocycles. The molecule has 0 aliphatic carbocycles. The summed E-state index contributed by atoms with van der Waals surface area (Å²) in [5.74, 6) is 0. The molecule has 106 valence electrons. The second-order valence-electron chi connectivity index (χ2n) is 5.29. The van der Waals surface area contributed by atoms with Gasteiger partial charge in [-0.05, 0) is 45.3 Å². The number of rotatable bonds is 5. The lowest BCUT2D eigenvalue weighted by Crippen LogP contribution is -2.47. The summed E-state index contributed by atoms with van der Waals surface area (Å²) >= 11 is 0. The summed E-state index contributed by atoms with van der Waals surface area (Å²) in [6.07, 6.45) is 4.03. The summed E-state index contributed by atoms with van der Waals surface area (Å²) in [6.45, 7) is 6.37. The first-order valence-corrected chi connectivity index (χ1v) is 8.61. The maximum atomic E-state index is 12.2. The highest BCUT2D eigenvalue weighted by atomic mass is 32.2. The normalized spacial score (nSPS) is 30.7. The lowest BCUT2D eigenvalue weighted by molar-refractivity contribution is 0.267. The number of piperidine rings is 1. The molecule has 2 heterocycles. The minimum absolute atomic E-state index is 0.247. The second-order valence-corrected chi connectivity index (χ2v) is 7.33. The number of sulfonamides is 1. The van der Waals surface area contributed by atoms with Crippen molar-refractivity contribution in [2.75, 3.05) is 32.7 Å². The zero-order valence-corrected chi connectivity index (χ0v) is 12.0. The predicted octanol–water partition coefficient (Wildman–Crippen LogP) is 0.142. The van der Waals surface area contributed by atoms with Crippen molar-refractivity contribution in [1.82, 2.24) is 14.9 Å². The van der Waals surface area contributed by atoms with Crippen molar-refractivity contribution in [2.45, 2.75) is 43.9 Å². The van der Waals surface area contributed by atoms with Gasteiger partial charge >= 0.3 is 0 Å². The van der Waals surface area contributed by atoms with Crippen molar-refractivity contribution in [1.29, 1.82) is 0 Å². The van der Waals surface area contributed by atoms with Crippen LogP contribution < -0.4 is 10.0 Å². The zero-order chi connectivity index (χ0) is 13.0. The molecule has 2 unspecified atom stereocenters. The van der Waals surface area contributed by atoms with Crippen molar-refractivity contribution in [3.05, 3.63) is 0 Å². The molecule has 2 aliphatic rings. The molecular weight excluding hydrogens is 250 g/mol. The highest BCUT2D eigenvalue weighted by Crippen LogP contribution is 2.17. The summed E-state index contributed by atoms with van der Waals surface area (Å²) in [5, 5.41) is 2.91. The molecular formula is C12H25N3O2S. The second kappa shape index (κ2) is 6.32. The molecule has 18 heavy (non-hydrogen) atoms. The molecule has 2 rings (SSSR count). The van der Waals surface area contributed by atoms with Crippen LogP contribution in [-0.4, -0.2) is 57.3 Å². The first kappa shape index (κ1) is 14.2. The van der Waals surface area contributed by atoms with E-state index in [1.165, 1.54) is 6.42 Å². The van der Waals surface area contributed by atoms with Gasteiger partial charge in [-0.15, -0.1) is 0 Å². The number of nitrogens with zero attached hydrogens (tertiary/aromatic N) is 1. The Balaban J connectivity index is 1.84. The number of nitrogens with one attached hydrogen (secondary N) is 2. The molecule has 2 N–H and O–H groups in total. The van der Waals surface area contributed by atoms with Gasteiger partial charge in [-0.3, -0.25) is 4.90 Å². The van der Waals surface area contributed by atoms with Crippen LogP contribution in [0, 0.1) is 0 Å². The van der Waals surface area contributed by atoms with Crippen molar-refractivity contribution in [2.24, 2.45) is 0 Å². The molecule has 0 aromatic carbocycles. The smallest absolute Gasteiger partial charge is 0.215 e. The zero-order valence-electron chi connectivity index (χ0n) is 11.2. The van der Waals surface area contributed by atoms with Crippen molar-refractivity contribution >= 4 is 10.0 Å². The molecule has 2 atom stereocenters. The Bertz CT molecular complexity index is 352. The van der Waals surface area contributed by atoms with Crippen LogP contribution in [0.25, 0.3) is 0 Å². The Kier molecular flexibility index (Phi) is 5.00. The summed E-state index contributed by atoms with van der Waals surface area (Å²) in [5.41, 5.74) is 0. The van der Waals surface area contributed by atoms with E-state index in [4.69, 9.17) is 0 Å². The van der Waals surface area contributed by atoms with Crippen LogP contribution in [0.5, 0.6) is 0 Å². The van der Waals surface area contributed by atoms with Crippen LogP contribution in [0.4, 0.5) is 0 Å². The van der Waals surface area contributed by atoms with Gasteiger partial charge in [-0.2, -0.15) is 0 Å². The van der Waals surface area contributed by atoms with Gasteiger partial charge in [0.1, 0.15) is 0 Å². The molecule has 0 radical (unpaired) electrons. The highest BCUT2D eigenvalue weighted by Gasteiger charge is 2.29. The Morgan fingerprint density at radius 3 is 2.83 bits per heavy atom. The molecule has 0 amide bonds. The summed E-state index contributed by atoms with van der Waals surface area (Å²) in [4.78, 5) is 2.36. The average Bonchev–Trinajstić information content (AvgIpc) is 2.85. The third-order valence-electron chi connectivity index (χ3n) is 4.12. The quantitative estimate of drug-likeness (QED) is 0.749. The number of likely N-dealkylation sites (tertiary alicyclic amines) is 1. The van der Waals surface area contributed by atoms with Gasteiger partial charge < -0.3 is 5.32 Å². The monoisotopic (exact) mass is 275 g/mol. The van der Waals surface area contributed by atoms with Gasteiger partial charge in [0, 0.05) is 19.1 Å². The fraction of sp³-hybridized carbons (Fsp3) is 1.00. The van der Waals surface area contributed by atoms with E-state index in [1.807, 2.05) is 0 Å². The van der Waals surface area contributed by atoms with Crippen molar-refractivity contribution in [3.63, 3.8) is 0 Å². The molecule has 0 saturated carbocycles. The predicted molar refractivity (Wildman–Crippen MR) is 73.1 cm³/mol. The summed E-state index contributed by atoms with van der Waals surface area (Å²) < 4.78 is 27.2. The molecule has 6 heteroatoms. The lowest BCUT2D eigenvalue weighted by atomic mass is 10.2. The molecule has 5 nitrogen and oxygen atoms in total.